The van der Waals surface area contributed by atoms with Gasteiger partial charge in [0.25, 0.3) is 0 Å². The van der Waals surface area contributed by atoms with Crippen molar-refractivity contribution in [3.8, 4) is 5.75 Å². The highest BCUT2D eigenvalue weighted by molar-refractivity contribution is 5.40. The van der Waals surface area contributed by atoms with Crippen LogP contribution in [-0.4, -0.2) is 17.9 Å². The molecule has 0 aromatic heterocycles. The summed E-state index contributed by atoms with van der Waals surface area (Å²) in [6.07, 6.45) is 6.92. The molecule has 3 nitrogen and oxygen atoms in total. The van der Waals surface area contributed by atoms with Crippen molar-refractivity contribution in [3.63, 3.8) is 0 Å². The second-order valence-corrected chi connectivity index (χ2v) is 7.72. The van der Waals surface area contributed by atoms with Crippen molar-refractivity contribution in [1.29, 1.82) is 0 Å². The smallest absolute Gasteiger partial charge is 0.137 e. The van der Waals surface area contributed by atoms with E-state index < -0.39 is 0 Å². The lowest BCUT2D eigenvalue weighted by Gasteiger charge is -2.50. The Morgan fingerprint density at radius 2 is 2.14 bits per heavy atom. The summed E-state index contributed by atoms with van der Waals surface area (Å²) in [5, 5.41) is 10.4. The maximum Gasteiger partial charge on any atom is 0.137 e. The maximum atomic E-state index is 10.4. The van der Waals surface area contributed by atoms with Gasteiger partial charge in [0.05, 0.1) is 6.10 Å². The molecule has 0 amide bonds. The topological polar surface area (TPSA) is 55.5 Å². The second-order valence-electron chi connectivity index (χ2n) is 7.72. The van der Waals surface area contributed by atoms with Crippen LogP contribution in [0, 0.1) is 17.3 Å². The van der Waals surface area contributed by atoms with Crippen LogP contribution in [0.1, 0.15) is 56.1 Å². The van der Waals surface area contributed by atoms with Gasteiger partial charge in [0, 0.05) is 0 Å². The highest BCUT2D eigenvalue weighted by Crippen LogP contribution is 2.60. The molecule has 2 saturated carbocycles. The zero-order valence-electron chi connectivity index (χ0n) is 13.4. The van der Waals surface area contributed by atoms with Gasteiger partial charge in [-0.15, -0.1) is 0 Å². The van der Waals surface area contributed by atoms with Gasteiger partial charge in [-0.1, -0.05) is 13.0 Å². The molecule has 0 aliphatic heterocycles. The summed E-state index contributed by atoms with van der Waals surface area (Å²) in [7, 11) is 0. The third-order valence-corrected chi connectivity index (χ3v) is 6.90. The van der Waals surface area contributed by atoms with E-state index in [-0.39, 0.29) is 18.2 Å². The Morgan fingerprint density at radius 1 is 1.27 bits per heavy atom. The Hall–Kier alpha value is -1.06. The fourth-order valence-electron chi connectivity index (χ4n) is 5.72. The average Bonchev–Trinajstić information content (AvgIpc) is 2.83. The first-order valence-corrected chi connectivity index (χ1v) is 8.77. The van der Waals surface area contributed by atoms with Crippen molar-refractivity contribution in [2.45, 2.75) is 57.5 Å². The summed E-state index contributed by atoms with van der Waals surface area (Å²) in [5.74, 6) is 3.04. The van der Waals surface area contributed by atoms with Crippen LogP contribution in [0.2, 0.25) is 0 Å². The number of ether oxygens (including phenoxy) is 1. The van der Waals surface area contributed by atoms with Gasteiger partial charge in [0.2, 0.25) is 0 Å². The minimum atomic E-state index is -0.0832. The molecule has 2 fully saturated rings. The molecule has 0 heterocycles. The van der Waals surface area contributed by atoms with Crippen LogP contribution in [0.4, 0.5) is 0 Å². The Labute approximate surface area is 132 Å². The van der Waals surface area contributed by atoms with Crippen LogP contribution in [0.5, 0.6) is 5.75 Å². The largest absolute Gasteiger partial charge is 0.479 e. The summed E-state index contributed by atoms with van der Waals surface area (Å²) in [4.78, 5) is 0. The summed E-state index contributed by atoms with van der Waals surface area (Å²) in [6, 6.07) is 6.53. The van der Waals surface area contributed by atoms with Crippen molar-refractivity contribution in [3.05, 3.63) is 29.3 Å². The van der Waals surface area contributed by atoms with Gasteiger partial charge < -0.3 is 9.84 Å². The lowest BCUT2D eigenvalue weighted by Crippen LogP contribution is -2.43. The number of nitrogens with two attached hydrogens (primary N) is 1. The minimum absolute atomic E-state index is 0.0832. The predicted octanol–water partition coefficient (Wildman–Crippen LogP) is 3.20. The van der Waals surface area contributed by atoms with E-state index in [1.54, 1.807) is 0 Å². The Balaban J connectivity index is 1.64. The van der Waals surface area contributed by atoms with Crippen molar-refractivity contribution < 1.29 is 9.84 Å². The molecule has 0 unspecified atom stereocenters. The molecule has 3 N–H and O–H groups in total. The minimum Gasteiger partial charge on any atom is -0.479 e. The van der Waals surface area contributed by atoms with E-state index in [4.69, 9.17) is 10.5 Å². The molecule has 0 bridgehead atoms. The molecule has 5 atom stereocenters. The van der Waals surface area contributed by atoms with Gasteiger partial charge in [-0.2, -0.15) is 0 Å². The molecule has 1 aromatic rings. The first kappa shape index (κ1) is 14.5. The molecule has 1 aromatic carbocycles. The zero-order chi connectivity index (χ0) is 15.3. The Bertz CT molecular complexity index is 573. The second kappa shape index (κ2) is 5.24. The standard InChI is InChI=1S/C19H27NO2/c1-19-9-8-15-14-5-3-13(22-11-20)10-12(14)2-4-16(15)17(19)6-7-18(19)21/h3,5,10,15-18,21H,2,4,6-9,11,20H2,1H3/t15-,16-,17+,18+,19+/m1/s1. The number of benzene rings is 1. The van der Waals surface area contributed by atoms with E-state index in [1.807, 2.05) is 0 Å². The zero-order valence-corrected chi connectivity index (χ0v) is 13.4. The quantitative estimate of drug-likeness (QED) is 0.825. The molecule has 0 radical (unpaired) electrons. The number of rotatable bonds is 2. The lowest BCUT2D eigenvalue weighted by molar-refractivity contribution is -0.0226. The predicted molar refractivity (Wildman–Crippen MR) is 86.7 cm³/mol. The van der Waals surface area contributed by atoms with Crippen LogP contribution in [0.15, 0.2) is 18.2 Å². The van der Waals surface area contributed by atoms with Gasteiger partial charge >= 0.3 is 0 Å². The van der Waals surface area contributed by atoms with E-state index in [0.29, 0.717) is 11.8 Å². The van der Waals surface area contributed by atoms with Gasteiger partial charge in [-0.05, 0) is 85.0 Å². The molecule has 0 saturated heterocycles. The molecule has 22 heavy (non-hydrogen) atoms. The van der Waals surface area contributed by atoms with Crippen molar-refractivity contribution in [2.75, 3.05) is 6.73 Å². The molecule has 3 aliphatic carbocycles. The van der Waals surface area contributed by atoms with Crippen LogP contribution in [-0.2, 0) is 6.42 Å². The monoisotopic (exact) mass is 301 g/mol. The third-order valence-electron chi connectivity index (χ3n) is 6.90. The van der Waals surface area contributed by atoms with E-state index >= 15 is 0 Å². The van der Waals surface area contributed by atoms with Crippen molar-refractivity contribution in [2.24, 2.45) is 23.0 Å². The van der Waals surface area contributed by atoms with E-state index in [2.05, 4.69) is 25.1 Å². The number of aryl methyl sites for hydroxylation is 1. The van der Waals surface area contributed by atoms with Crippen molar-refractivity contribution in [1.82, 2.24) is 0 Å². The fraction of sp³-hybridized carbons (Fsp3) is 0.684. The highest BCUT2D eigenvalue weighted by Gasteiger charge is 2.54. The van der Waals surface area contributed by atoms with E-state index in [0.717, 1.165) is 24.5 Å². The summed E-state index contributed by atoms with van der Waals surface area (Å²) in [5.41, 5.74) is 8.64. The SMILES string of the molecule is C[C@]12CC[C@@H]3c4ccc(OCN)cc4CC[C@H]3[C@@H]1CC[C@@H]2O. The summed E-state index contributed by atoms with van der Waals surface area (Å²) >= 11 is 0. The van der Waals surface area contributed by atoms with E-state index in [1.165, 1.54) is 36.8 Å². The first-order valence-electron chi connectivity index (χ1n) is 8.77. The van der Waals surface area contributed by atoms with E-state index in [9.17, 15) is 5.11 Å². The van der Waals surface area contributed by atoms with Crippen molar-refractivity contribution >= 4 is 0 Å². The lowest BCUT2D eigenvalue weighted by atomic mass is 9.55. The Morgan fingerprint density at radius 3 is 2.95 bits per heavy atom. The number of aliphatic hydroxyl groups is 1. The number of fused-ring (bicyclic) bond motifs is 5. The fourth-order valence-corrected chi connectivity index (χ4v) is 5.72. The Kier molecular flexibility index (Phi) is 3.46. The van der Waals surface area contributed by atoms with Crippen LogP contribution >= 0.6 is 0 Å². The molecule has 3 heteroatoms. The molecular formula is C19H27NO2. The maximum absolute atomic E-state index is 10.4. The average molecular weight is 301 g/mol. The van der Waals surface area contributed by atoms with Crippen LogP contribution in [0.25, 0.3) is 0 Å². The number of aliphatic hydroxyl groups excluding tert-OH is 1. The molecule has 0 spiro atoms. The normalized spacial score (nSPS) is 39.8. The van der Waals surface area contributed by atoms with Crippen LogP contribution < -0.4 is 10.5 Å². The molecule has 3 aliphatic rings. The van der Waals surface area contributed by atoms with Gasteiger partial charge in [0.15, 0.2) is 0 Å². The van der Waals surface area contributed by atoms with Crippen LogP contribution in [0.3, 0.4) is 0 Å². The van der Waals surface area contributed by atoms with Gasteiger partial charge in [-0.25, -0.2) is 0 Å². The third kappa shape index (κ3) is 2.02. The first-order chi connectivity index (χ1) is 10.6. The molecular weight excluding hydrogens is 274 g/mol. The molecule has 4 rings (SSSR count). The summed E-state index contributed by atoms with van der Waals surface area (Å²) < 4.78 is 5.45. The number of hydrogen-bond donors (Lipinski definition) is 2. The highest BCUT2D eigenvalue weighted by atomic mass is 16.5. The van der Waals surface area contributed by atoms with Gasteiger partial charge in [0.1, 0.15) is 12.5 Å². The summed E-state index contributed by atoms with van der Waals surface area (Å²) in [6.45, 7) is 2.57. The molecule has 120 valence electrons. The van der Waals surface area contributed by atoms with Gasteiger partial charge in [-0.3, -0.25) is 5.73 Å². The number of hydrogen-bond acceptors (Lipinski definition) is 3.